The Balaban J connectivity index is 0.000000224. The first-order valence-electron chi connectivity index (χ1n) is 19.1. The fourth-order valence-corrected chi connectivity index (χ4v) is 5.84. The average Bonchev–Trinajstić information content (AvgIpc) is 3.17. The van der Waals surface area contributed by atoms with Crippen molar-refractivity contribution in [3.05, 3.63) is 129 Å². The minimum atomic E-state index is -0.523. The third-order valence-electron chi connectivity index (χ3n) is 8.59. The van der Waals surface area contributed by atoms with Crippen molar-refractivity contribution in [2.75, 3.05) is 37.3 Å². The summed E-state index contributed by atoms with van der Waals surface area (Å²) in [4.78, 5) is 32.5. The van der Waals surface area contributed by atoms with Gasteiger partial charge in [-0.25, -0.2) is 24.7 Å². The zero-order valence-corrected chi connectivity index (χ0v) is 35.2. The number of fused-ring (bicyclic) bond motifs is 2. The number of anilines is 2. The van der Waals surface area contributed by atoms with Crippen LogP contribution in [0.25, 0.3) is 46.1 Å². The van der Waals surface area contributed by atoms with Gasteiger partial charge in [-0.15, -0.1) is 0 Å². The number of aryl methyl sites for hydroxylation is 2. The summed E-state index contributed by atoms with van der Waals surface area (Å²) in [5.74, 6) is 2.93. The molecule has 57 heavy (non-hydrogen) atoms. The van der Waals surface area contributed by atoms with E-state index in [-0.39, 0.29) is 6.09 Å². The number of rotatable bonds is 12. The van der Waals surface area contributed by atoms with Crippen LogP contribution in [0.3, 0.4) is 0 Å². The molecule has 6 aromatic rings. The normalized spacial score (nSPS) is 11.5. The summed E-state index contributed by atoms with van der Waals surface area (Å²) in [7, 11) is 1.72. The number of hydrogen-bond acceptors (Lipinski definition) is 8. The van der Waals surface area contributed by atoms with E-state index in [1.54, 1.807) is 11.9 Å². The fraction of sp³-hybridized carbons (Fsp3) is 0.283. The van der Waals surface area contributed by atoms with E-state index in [1.807, 2.05) is 113 Å². The molecule has 0 atom stereocenters. The highest BCUT2D eigenvalue weighted by molar-refractivity contribution is 6.30. The number of benzene rings is 4. The van der Waals surface area contributed by atoms with E-state index in [4.69, 9.17) is 37.9 Å². The van der Waals surface area contributed by atoms with Gasteiger partial charge in [0.2, 0.25) is 0 Å². The summed E-state index contributed by atoms with van der Waals surface area (Å²) in [6.45, 7) is 13.8. The second-order valence-electron chi connectivity index (χ2n) is 14.8. The van der Waals surface area contributed by atoms with Crippen molar-refractivity contribution in [2.45, 2.75) is 60.0 Å². The lowest BCUT2D eigenvalue weighted by molar-refractivity contribution is 0.0305. The quantitative estimate of drug-likeness (QED) is 0.118. The maximum absolute atomic E-state index is 12.2. The van der Waals surface area contributed by atoms with Crippen LogP contribution in [-0.2, 0) is 4.74 Å². The number of nitrogens with one attached hydrogen (secondary N) is 2. The molecule has 2 heterocycles. The van der Waals surface area contributed by atoms with Crippen molar-refractivity contribution in [3.8, 4) is 0 Å². The van der Waals surface area contributed by atoms with Crippen molar-refractivity contribution in [1.29, 1.82) is 0 Å². The van der Waals surface area contributed by atoms with E-state index >= 15 is 0 Å². The van der Waals surface area contributed by atoms with Crippen molar-refractivity contribution in [3.63, 3.8) is 0 Å². The van der Waals surface area contributed by atoms with Crippen LogP contribution >= 0.6 is 23.2 Å². The second-order valence-corrected chi connectivity index (χ2v) is 15.7. The molecule has 2 N–H and O–H groups in total. The Morgan fingerprint density at radius 1 is 0.684 bits per heavy atom. The van der Waals surface area contributed by atoms with Crippen LogP contribution in [0, 0.1) is 13.8 Å². The molecule has 1 amide bonds. The zero-order valence-electron chi connectivity index (χ0n) is 33.7. The van der Waals surface area contributed by atoms with E-state index < -0.39 is 5.60 Å². The Labute approximate surface area is 346 Å². The largest absolute Gasteiger partial charge is 0.444 e. The number of carbonyl (C=O) groups excluding carboxylic acids is 1. The Hall–Kier alpha value is -5.51. The van der Waals surface area contributed by atoms with E-state index in [2.05, 4.69) is 58.7 Å². The minimum absolute atomic E-state index is 0.353. The third kappa shape index (κ3) is 13.3. The van der Waals surface area contributed by atoms with Crippen molar-refractivity contribution < 1.29 is 9.53 Å². The Kier molecular flexibility index (Phi) is 15.0. The van der Waals surface area contributed by atoms with Gasteiger partial charge in [0.05, 0.1) is 11.0 Å². The first kappa shape index (κ1) is 42.6. The summed E-state index contributed by atoms with van der Waals surface area (Å²) in [5, 5.41) is 10.3. The molecule has 0 aliphatic carbocycles. The van der Waals surface area contributed by atoms with Crippen LogP contribution in [-0.4, -0.2) is 63.2 Å². The van der Waals surface area contributed by atoms with Crippen LogP contribution in [0.4, 0.5) is 16.4 Å². The number of aromatic nitrogens is 4. The van der Waals surface area contributed by atoms with Gasteiger partial charge in [0.25, 0.3) is 0 Å². The predicted octanol–water partition coefficient (Wildman–Crippen LogP) is 12.0. The first-order valence-corrected chi connectivity index (χ1v) is 19.9. The lowest BCUT2D eigenvalue weighted by Crippen LogP contribution is -2.36. The summed E-state index contributed by atoms with van der Waals surface area (Å²) in [5.41, 5.74) is 5.69. The van der Waals surface area contributed by atoms with Crippen molar-refractivity contribution in [2.24, 2.45) is 0 Å². The zero-order chi connectivity index (χ0) is 41.0. The molecular weight excluding hydrogens is 753 g/mol. The maximum atomic E-state index is 12.2. The van der Waals surface area contributed by atoms with Crippen LogP contribution in [0.15, 0.2) is 84.9 Å². The van der Waals surface area contributed by atoms with Crippen molar-refractivity contribution >= 4 is 87.0 Å². The number of nitrogens with zero attached hydrogens (tertiary/aromatic N) is 5. The van der Waals surface area contributed by atoms with Gasteiger partial charge in [-0.2, -0.15) is 0 Å². The summed E-state index contributed by atoms with van der Waals surface area (Å²) in [6, 6.07) is 27.6. The molecule has 0 unspecified atom stereocenters. The van der Waals surface area contributed by atoms with Crippen molar-refractivity contribution in [1.82, 2.24) is 24.8 Å². The lowest BCUT2D eigenvalue weighted by Gasteiger charge is -2.24. The molecule has 6 rings (SSSR count). The SMILES string of the molecule is CCCCNc1nc(/C=C/c2ccc(Cl)cc2)nc2ccc(C)cc12.Cc1ccc2nc(/C=C/c3ccc(Cl)cc3)nc(NCCN(C)C(=O)OC(C)(C)C)c2c1. The van der Waals surface area contributed by atoms with Crippen LogP contribution in [0.2, 0.25) is 10.0 Å². The predicted molar refractivity (Wildman–Crippen MR) is 240 cm³/mol. The second kappa shape index (κ2) is 20.1. The van der Waals surface area contributed by atoms with Gasteiger partial charge < -0.3 is 20.3 Å². The molecule has 0 spiro atoms. The maximum Gasteiger partial charge on any atom is 0.410 e. The molecule has 0 radical (unpaired) electrons. The van der Waals surface area contributed by atoms with E-state index in [1.165, 1.54) is 5.56 Å². The van der Waals surface area contributed by atoms with E-state index in [0.29, 0.717) is 29.8 Å². The number of halogens is 2. The number of amides is 1. The van der Waals surface area contributed by atoms with Crippen LogP contribution < -0.4 is 10.6 Å². The summed E-state index contributed by atoms with van der Waals surface area (Å²) in [6.07, 6.45) is 9.68. The van der Waals surface area contributed by atoms with Crippen LogP contribution in [0.1, 0.15) is 74.4 Å². The molecule has 296 valence electrons. The number of ether oxygens (including phenoxy) is 1. The third-order valence-corrected chi connectivity index (χ3v) is 9.10. The molecule has 4 aromatic carbocycles. The minimum Gasteiger partial charge on any atom is -0.444 e. The highest BCUT2D eigenvalue weighted by Crippen LogP contribution is 2.24. The molecule has 11 heteroatoms. The molecule has 0 saturated heterocycles. The average molecular weight is 805 g/mol. The Morgan fingerprint density at radius 3 is 1.58 bits per heavy atom. The first-order chi connectivity index (χ1) is 27.3. The molecular formula is C46H51Cl2N7O2. The number of hydrogen-bond donors (Lipinski definition) is 2. The number of carbonyl (C=O) groups is 1. The smallest absolute Gasteiger partial charge is 0.410 e. The highest BCUT2D eigenvalue weighted by Gasteiger charge is 2.19. The van der Waals surface area contributed by atoms with Gasteiger partial charge in [0.15, 0.2) is 11.6 Å². The molecule has 0 aliphatic heterocycles. The summed E-state index contributed by atoms with van der Waals surface area (Å²) >= 11 is 11.9. The molecule has 0 saturated carbocycles. The Morgan fingerprint density at radius 2 is 1.14 bits per heavy atom. The van der Waals surface area contributed by atoms with Crippen LogP contribution in [0.5, 0.6) is 0 Å². The van der Waals surface area contributed by atoms with E-state index in [0.717, 1.165) is 74.5 Å². The fourth-order valence-electron chi connectivity index (χ4n) is 5.59. The molecule has 0 aliphatic rings. The number of likely N-dealkylation sites (N-methyl/N-ethyl adjacent to an activating group) is 1. The molecule has 0 bridgehead atoms. The van der Waals surface area contributed by atoms with Gasteiger partial charge in [0, 0.05) is 47.5 Å². The van der Waals surface area contributed by atoms with Gasteiger partial charge >= 0.3 is 6.09 Å². The lowest BCUT2D eigenvalue weighted by atomic mass is 10.1. The van der Waals surface area contributed by atoms with Gasteiger partial charge in [-0.3, -0.25) is 0 Å². The standard InChI is InChI=1S/C25H29ClN4O2.C21H22ClN3/c1-17-6-12-21-20(16-17)23(27-14-15-30(5)24(31)32-25(2,3)4)29-22(28-21)13-9-18-7-10-19(26)11-8-18;1-3-4-13-23-21-18-14-15(2)5-11-19(18)24-20(25-21)12-8-16-6-9-17(22)10-7-16/h6-13,16H,14-15H2,1-5H3,(H,27,28,29);5-12,14H,3-4,13H2,1-2H3,(H,23,24,25)/b13-9+;12-8+. The monoisotopic (exact) mass is 803 g/mol. The topological polar surface area (TPSA) is 105 Å². The van der Waals surface area contributed by atoms with Gasteiger partial charge in [0.1, 0.15) is 17.2 Å². The number of unbranched alkanes of at least 4 members (excludes halogenated alkanes) is 1. The molecule has 2 aromatic heterocycles. The Bertz CT molecular complexity index is 2340. The molecule has 0 fully saturated rings. The summed E-state index contributed by atoms with van der Waals surface area (Å²) < 4.78 is 5.40. The highest BCUT2D eigenvalue weighted by atomic mass is 35.5. The van der Waals surface area contributed by atoms with E-state index in [9.17, 15) is 4.79 Å². The van der Waals surface area contributed by atoms with Gasteiger partial charge in [-0.1, -0.05) is 96.2 Å². The van der Waals surface area contributed by atoms with Gasteiger partial charge in [-0.05, 0) is 113 Å². The molecule has 9 nitrogen and oxygen atoms in total.